The molecule has 1 aromatic heterocycles. The molecule has 3 rings (SSSR count). The van der Waals surface area contributed by atoms with Crippen molar-refractivity contribution in [3.8, 4) is 16.8 Å². The minimum atomic E-state index is -3.37. The van der Waals surface area contributed by atoms with Gasteiger partial charge in [0.2, 0.25) is 0 Å². The second-order valence-corrected chi connectivity index (χ2v) is 7.56. The minimum absolute atomic E-state index is 0.155. The molecule has 0 bridgehead atoms. The molecule has 0 amide bonds. The summed E-state index contributed by atoms with van der Waals surface area (Å²) in [5.74, 6) is 0. The van der Waals surface area contributed by atoms with Gasteiger partial charge in [-0.05, 0) is 36.2 Å². The predicted octanol–water partition coefficient (Wildman–Crippen LogP) is 2.61. The van der Waals surface area contributed by atoms with Gasteiger partial charge in [0, 0.05) is 12.5 Å². The van der Waals surface area contributed by atoms with Crippen molar-refractivity contribution in [1.82, 2.24) is 9.78 Å². The number of nitrogens with zero attached hydrogens (tertiary/aromatic N) is 2. The van der Waals surface area contributed by atoms with E-state index in [9.17, 15) is 13.2 Å². The summed E-state index contributed by atoms with van der Waals surface area (Å²) in [7, 11) is -3.37. The summed E-state index contributed by atoms with van der Waals surface area (Å²) in [5.41, 5.74) is 2.23. The van der Waals surface area contributed by atoms with Crippen LogP contribution in [0.4, 0.5) is 0 Å². The van der Waals surface area contributed by atoms with E-state index >= 15 is 0 Å². The summed E-state index contributed by atoms with van der Waals surface area (Å²) in [4.78, 5) is 13.0. The van der Waals surface area contributed by atoms with Gasteiger partial charge in [-0.3, -0.25) is 4.79 Å². The van der Waals surface area contributed by atoms with Gasteiger partial charge in [0.05, 0.1) is 16.1 Å². The molecule has 0 radical (unpaired) electrons. The number of aromatic nitrogens is 2. The molecule has 0 fully saturated rings. The monoisotopic (exact) mass is 340 g/mol. The highest BCUT2D eigenvalue weighted by molar-refractivity contribution is 7.90. The van der Waals surface area contributed by atoms with Gasteiger partial charge in [0.15, 0.2) is 9.84 Å². The molecule has 0 spiro atoms. The van der Waals surface area contributed by atoms with E-state index in [2.05, 4.69) is 5.10 Å². The standard InChI is InChI=1S/C18H16N2O3S/c1-13-8-9-15(24(2,22)23)12-17(13)20-18(21)16(10-11-19-20)14-6-4-3-5-7-14/h3-12H,1-2H3. The molecule has 6 heteroatoms. The lowest BCUT2D eigenvalue weighted by molar-refractivity contribution is 0.601. The van der Waals surface area contributed by atoms with E-state index in [-0.39, 0.29) is 10.5 Å². The van der Waals surface area contributed by atoms with Gasteiger partial charge in [0.25, 0.3) is 5.56 Å². The number of sulfone groups is 1. The summed E-state index contributed by atoms with van der Waals surface area (Å²) in [6, 6.07) is 15.6. The van der Waals surface area contributed by atoms with Crippen LogP contribution >= 0.6 is 0 Å². The summed E-state index contributed by atoms with van der Waals surface area (Å²) in [6.07, 6.45) is 2.67. The van der Waals surface area contributed by atoms with Gasteiger partial charge < -0.3 is 0 Å². The van der Waals surface area contributed by atoms with Crippen LogP contribution in [0.5, 0.6) is 0 Å². The SMILES string of the molecule is Cc1ccc(S(C)(=O)=O)cc1-n1nccc(-c2ccccc2)c1=O. The van der Waals surface area contributed by atoms with E-state index in [1.54, 1.807) is 12.1 Å². The quantitative estimate of drug-likeness (QED) is 0.735. The van der Waals surface area contributed by atoms with Crippen molar-refractivity contribution >= 4 is 9.84 Å². The number of aryl methyl sites for hydroxylation is 1. The van der Waals surface area contributed by atoms with Crippen LogP contribution in [-0.2, 0) is 9.84 Å². The lowest BCUT2D eigenvalue weighted by Gasteiger charge is -2.11. The van der Waals surface area contributed by atoms with Crippen LogP contribution in [0.15, 0.2) is 70.5 Å². The average molecular weight is 340 g/mol. The smallest absolute Gasteiger partial charge is 0.267 e. The Bertz CT molecular complexity index is 1060. The van der Waals surface area contributed by atoms with E-state index < -0.39 is 9.84 Å². The van der Waals surface area contributed by atoms with Gasteiger partial charge in [0.1, 0.15) is 0 Å². The largest absolute Gasteiger partial charge is 0.279 e. The topological polar surface area (TPSA) is 69.0 Å². The highest BCUT2D eigenvalue weighted by atomic mass is 32.2. The van der Waals surface area contributed by atoms with Gasteiger partial charge >= 0.3 is 0 Å². The Morgan fingerprint density at radius 3 is 2.38 bits per heavy atom. The van der Waals surface area contributed by atoms with Gasteiger partial charge in [-0.25, -0.2) is 8.42 Å². The fourth-order valence-electron chi connectivity index (χ4n) is 2.47. The Balaban J connectivity index is 2.24. The van der Waals surface area contributed by atoms with Crippen LogP contribution in [0.2, 0.25) is 0 Å². The molecule has 1 heterocycles. The van der Waals surface area contributed by atoms with E-state index in [4.69, 9.17) is 0 Å². The highest BCUT2D eigenvalue weighted by Crippen LogP contribution is 2.19. The van der Waals surface area contributed by atoms with Crippen LogP contribution in [0.1, 0.15) is 5.56 Å². The molecule has 0 aliphatic rings. The number of rotatable bonds is 3. The fraction of sp³-hybridized carbons (Fsp3) is 0.111. The second kappa shape index (κ2) is 6.05. The molecule has 122 valence electrons. The molecule has 0 N–H and O–H groups in total. The molecule has 5 nitrogen and oxygen atoms in total. The molecule has 2 aromatic carbocycles. The van der Waals surface area contributed by atoms with Crippen molar-refractivity contribution in [1.29, 1.82) is 0 Å². The fourth-order valence-corrected chi connectivity index (χ4v) is 3.11. The van der Waals surface area contributed by atoms with Gasteiger partial charge in [-0.2, -0.15) is 9.78 Å². The van der Waals surface area contributed by atoms with Crippen molar-refractivity contribution < 1.29 is 8.42 Å². The first-order valence-corrected chi connectivity index (χ1v) is 9.22. The molecule has 0 aliphatic carbocycles. The lowest BCUT2D eigenvalue weighted by atomic mass is 10.1. The molecular formula is C18H16N2O3S. The number of hydrogen-bond donors (Lipinski definition) is 0. The first kappa shape index (κ1) is 16.1. The first-order chi connectivity index (χ1) is 11.4. The molecule has 0 atom stereocenters. The molecule has 0 unspecified atom stereocenters. The molecule has 0 aliphatic heterocycles. The van der Waals surface area contributed by atoms with Crippen LogP contribution < -0.4 is 5.56 Å². The van der Waals surface area contributed by atoms with Crippen LogP contribution in [0.25, 0.3) is 16.8 Å². The van der Waals surface area contributed by atoms with Crippen molar-refractivity contribution in [2.45, 2.75) is 11.8 Å². The van der Waals surface area contributed by atoms with E-state index in [1.807, 2.05) is 37.3 Å². The lowest BCUT2D eigenvalue weighted by Crippen LogP contribution is -2.23. The minimum Gasteiger partial charge on any atom is -0.267 e. The summed E-state index contributed by atoms with van der Waals surface area (Å²) in [6.45, 7) is 1.81. The maximum Gasteiger partial charge on any atom is 0.279 e. The maximum absolute atomic E-state index is 12.8. The molecule has 24 heavy (non-hydrogen) atoms. The Morgan fingerprint density at radius 2 is 1.71 bits per heavy atom. The predicted molar refractivity (Wildman–Crippen MR) is 93.1 cm³/mol. The van der Waals surface area contributed by atoms with Crippen molar-refractivity contribution in [3.05, 3.63) is 76.7 Å². The molecular weight excluding hydrogens is 324 g/mol. The summed E-state index contributed by atoms with van der Waals surface area (Å²) in [5, 5.41) is 4.13. The molecule has 3 aromatic rings. The zero-order chi connectivity index (χ0) is 17.3. The Kier molecular flexibility index (Phi) is 4.07. The second-order valence-electron chi connectivity index (χ2n) is 5.55. The number of hydrogen-bond acceptors (Lipinski definition) is 4. The van der Waals surface area contributed by atoms with Gasteiger partial charge in [-0.1, -0.05) is 36.4 Å². The Morgan fingerprint density at radius 1 is 1.00 bits per heavy atom. The Hall–Kier alpha value is -2.73. The maximum atomic E-state index is 12.8. The normalized spacial score (nSPS) is 11.4. The zero-order valence-corrected chi connectivity index (χ0v) is 14.1. The highest BCUT2D eigenvalue weighted by Gasteiger charge is 2.14. The zero-order valence-electron chi connectivity index (χ0n) is 13.3. The van der Waals surface area contributed by atoms with Crippen LogP contribution in [0.3, 0.4) is 0 Å². The number of benzene rings is 2. The third-order valence-electron chi connectivity index (χ3n) is 3.77. The Labute approximate surface area is 140 Å². The van der Waals surface area contributed by atoms with E-state index in [1.165, 1.54) is 23.0 Å². The van der Waals surface area contributed by atoms with E-state index in [0.29, 0.717) is 11.3 Å². The third kappa shape index (κ3) is 3.00. The first-order valence-electron chi connectivity index (χ1n) is 7.33. The van der Waals surface area contributed by atoms with E-state index in [0.717, 1.165) is 17.4 Å². The summed E-state index contributed by atoms with van der Waals surface area (Å²) >= 11 is 0. The van der Waals surface area contributed by atoms with Crippen LogP contribution in [-0.4, -0.2) is 24.5 Å². The third-order valence-corrected chi connectivity index (χ3v) is 4.88. The molecule has 0 saturated heterocycles. The summed E-state index contributed by atoms with van der Waals surface area (Å²) < 4.78 is 24.8. The van der Waals surface area contributed by atoms with Gasteiger partial charge in [-0.15, -0.1) is 0 Å². The van der Waals surface area contributed by atoms with Crippen LogP contribution in [0, 0.1) is 6.92 Å². The van der Waals surface area contributed by atoms with Crippen molar-refractivity contribution in [2.75, 3.05) is 6.26 Å². The molecule has 0 saturated carbocycles. The van der Waals surface area contributed by atoms with Crippen molar-refractivity contribution in [3.63, 3.8) is 0 Å². The average Bonchev–Trinajstić information content (AvgIpc) is 2.55. The van der Waals surface area contributed by atoms with Crippen molar-refractivity contribution in [2.24, 2.45) is 0 Å².